The molecule has 7 heteroatoms. The van der Waals surface area contributed by atoms with Gasteiger partial charge in [0.2, 0.25) is 5.91 Å². The van der Waals surface area contributed by atoms with Crippen LogP contribution < -0.4 is 10.2 Å². The van der Waals surface area contributed by atoms with Crippen molar-refractivity contribution in [3.8, 4) is 0 Å². The second-order valence-corrected chi connectivity index (χ2v) is 7.83. The largest absolute Gasteiger partial charge is 0.363 e. The van der Waals surface area contributed by atoms with Crippen LogP contribution in [0.2, 0.25) is 0 Å². The molecule has 1 aromatic rings. The van der Waals surface area contributed by atoms with E-state index in [1.807, 2.05) is 32.8 Å². The van der Waals surface area contributed by atoms with E-state index in [9.17, 15) is 13.2 Å². The number of nitrogens with one attached hydrogen (secondary N) is 1. The van der Waals surface area contributed by atoms with E-state index < -0.39 is 9.84 Å². The lowest BCUT2D eigenvalue weighted by atomic mass is 10.3. The molecule has 1 amide bonds. The van der Waals surface area contributed by atoms with Crippen molar-refractivity contribution in [3.05, 3.63) is 18.3 Å². The van der Waals surface area contributed by atoms with Crippen molar-refractivity contribution in [2.24, 2.45) is 5.92 Å². The van der Waals surface area contributed by atoms with Crippen LogP contribution in [0, 0.1) is 5.92 Å². The molecule has 0 aromatic carbocycles. The topological polar surface area (TPSA) is 79.4 Å². The van der Waals surface area contributed by atoms with Crippen LogP contribution in [0.5, 0.6) is 0 Å². The minimum absolute atomic E-state index is 0.0372. The highest BCUT2D eigenvalue weighted by Crippen LogP contribution is 2.12. The fourth-order valence-corrected chi connectivity index (χ4v) is 3.47. The van der Waals surface area contributed by atoms with Crippen LogP contribution in [0.3, 0.4) is 0 Å². The van der Waals surface area contributed by atoms with Crippen molar-refractivity contribution in [1.82, 2.24) is 4.98 Å². The van der Waals surface area contributed by atoms with E-state index >= 15 is 0 Å². The highest BCUT2D eigenvalue weighted by atomic mass is 32.2. The molecular weight excluding hydrogens is 290 g/mol. The van der Waals surface area contributed by atoms with Crippen molar-refractivity contribution >= 4 is 27.2 Å². The Balaban J connectivity index is 2.50. The summed E-state index contributed by atoms with van der Waals surface area (Å²) in [5.41, 5.74) is 0.562. The van der Waals surface area contributed by atoms with E-state index in [0.29, 0.717) is 5.69 Å². The summed E-state index contributed by atoms with van der Waals surface area (Å²) in [4.78, 5) is 17.8. The van der Waals surface area contributed by atoms with Gasteiger partial charge in [-0.1, -0.05) is 13.8 Å². The molecule has 0 fully saturated rings. The SMILES string of the molecule is CC(C)CS(=O)(=O)CCC(=O)Nc1ccc(N(C)C)nc1. The second kappa shape index (κ2) is 7.40. The molecular formula is C14H23N3O3S. The number of hydrogen-bond acceptors (Lipinski definition) is 5. The molecule has 0 aliphatic heterocycles. The average molecular weight is 313 g/mol. The number of pyridine rings is 1. The zero-order valence-electron chi connectivity index (χ0n) is 13.0. The first-order valence-corrected chi connectivity index (χ1v) is 8.65. The van der Waals surface area contributed by atoms with Gasteiger partial charge in [-0.25, -0.2) is 13.4 Å². The first kappa shape index (κ1) is 17.4. The van der Waals surface area contributed by atoms with E-state index in [1.165, 1.54) is 0 Å². The highest BCUT2D eigenvalue weighted by Gasteiger charge is 2.15. The van der Waals surface area contributed by atoms with Crippen LogP contribution in [0.25, 0.3) is 0 Å². The van der Waals surface area contributed by atoms with Crippen LogP contribution in [-0.4, -0.2) is 44.9 Å². The van der Waals surface area contributed by atoms with Crippen molar-refractivity contribution < 1.29 is 13.2 Å². The van der Waals surface area contributed by atoms with E-state index in [1.54, 1.807) is 18.3 Å². The molecule has 0 saturated carbocycles. The minimum atomic E-state index is -3.17. The Morgan fingerprint density at radius 3 is 2.48 bits per heavy atom. The molecule has 0 atom stereocenters. The summed E-state index contributed by atoms with van der Waals surface area (Å²) >= 11 is 0. The van der Waals surface area contributed by atoms with Gasteiger partial charge in [0.15, 0.2) is 9.84 Å². The summed E-state index contributed by atoms with van der Waals surface area (Å²) in [6.07, 6.45) is 1.51. The first-order chi connectivity index (χ1) is 9.69. The second-order valence-electron chi connectivity index (χ2n) is 5.61. The molecule has 0 bridgehead atoms. The summed E-state index contributed by atoms with van der Waals surface area (Å²) in [5, 5.41) is 2.65. The number of carbonyl (C=O) groups is 1. The van der Waals surface area contributed by atoms with Crippen LogP contribution in [0.1, 0.15) is 20.3 Å². The maximum Gasteiger partial charge on any atom is 0.225 e. The third kappa shape index (κ3) is 6.57. The number of carbonyl (C=O) groups excluding carboxylic acids is 1. The number of aromatic nitrogens is 1. The molecule has 0 radical (unpaired) electrons. The molecule has 21 heavy (non-hydrogen) atoms. The van der Waals surface area contributed by atoms with Gasteiger partial charge in [0, 0.05) is 20.5 Å². The Morgan fingerprint density at radius 1 is 1.33 bits per heavy atom. The van der Waals surface area contributed by atoms with Crippen LogP contribution in [-0.2, 0) is 14.6 Å². The molecule has 0 unspecified atom stereocenters. The first-order valence-electron chi connectivity index (χ1n) is 6.83. The lowest BCUT2D eigenvalue weighted by Crippen LogP contribution is -2.21. The van der Waals surface area contributed by atoms with Crippen LogP contribution in [0.15, 0.2) is 18.3 Å². The Labute approximate surface area is 126 Å². The smallest absolute Gasteiger partial charge is 0.225 e. The molecule has 1 heterocycles. The molecule has 1 N–H and O–H groups in total. The van der Waals surface area contributed by atoms with E-state index in [-0.39, 0.29) is 29.8 Å². The minimum Gasteiger partial charge on any atom is -0.363 e. The van der Waals surface area contributed by atoms with Gasteiger partial charge in [0.05, 0.1) is 23.4 Å². The maximum absolute atomic E-state index is 11.7. The maximum atomic E-state index is 11.7. The third-order valence-corrected chi connectivity index (χ3v) is 4.72. The summed E-state index contributed by atoms with van der Waals surface area (Å²) in [5.74, 6) is 0.523. The summed E-state index contributed by atoms with van der Waals surface area (Å²) < 4.78 is 23.4. The van der Waals surface area contributed by atoms with Gasteiger partial charge < -0.3 is 10.2 Å². The van der Waals surface area contributed by atoms with E-state index in [2.05, 4.69) is 10.3 Å². The van der Waals surface area contributed by atoms with Crippen LogP contribution in [0.4, 0.5) is 11.5 Å². The summed E-state index contributed by atoms with van der Waals surface area (Å²) in [7, 11) is 0.581. The van der Waals surface area contributed by atoms with Gasteiger partial charge in [-0.05, 0) is 18.1 Å². The molecule has 0 saturated heterocycles. The fraction of sp³-hybridized carbons (Fsp3) is 0.571. The van der Waals surface area contributed by atoms with Crippen molar-refractivity contribution in [2.75, 3.05) is 35.8 Å². The number of anilines is 2. The number of hydrogen-bond donors (Lipinski definition) is 1. The number of sulfone groups is 1. The van der Waals surface area contributed by atoms with Gasteiger partial charge in [0.1, 0.15) is 5.82 Å². The molecule has 0 spiro atoms. The van der Waals surface area contributed by atoms with Gasteiger partial charge in [-0.3, -0.25) is 4.79 Å². The summed E-state index contributed by atoms with van der Waals surface area (Å²) in [6, 6.07) is 3.52. The number of nitrogens with zero attached hydrogens (tertiary/aromatic N) is 2. The monoisotopic (exact) mass is 313 g/mol. The third-order valence-electron chi connectivity index (χ3n) is 2.72. The highest BCUT2D eigenvalue weighted by molar-refractivity contribution is 7.91. The Morgan fingerprint density at radius 2 is 2.00 bits per heavy atom. The molecule has 1 aromatic heterocycles. The van der Waals surface area contributed by atoms with Gasteiger partial charge in [-0.15, -0.1) is 0 Å². The number of amides is 1. The van der Waals surface area contributed by atoms with Gasteiger partial charge >= 0.3 is 0 Å². The zero-order chi connectivity index (χ0) is 16.0. The molecule has 0 aliphatic carbocycles. The lowest BCUT2D eigenvalue weighted by molar-refractivity contribution is -0.115. The average Bonchev–Trinajstić information content (AvgIpc) is 2.36. The van der Waals surface area contributed by atoms with Gasteiger partial charge in [-0.2, -0.15) is 0 Å². The molecule has 118 valence electrons. The van der Waals surface area contributed by atoms with Crippen molar-refractivity contribution in [2.45, 2.75) is 20.3 Å². The van der Waals surface area contributed by atoms with E-state index in [4.69, 9.17) is 0 Å². The lowest BCUT2D eigenvalue weighted by Gasteiger charge is -2.12. The summed E-state index contributed by atoms with van der Waals surface area (Å²) in [6.45, 7) is 3.69. The van der Waals surface area contributed by atoms with Gasteiger partial charge in [0.25, 0.3) is 0 Å². The van der Waals surface area contributed by atoms with Crippen molar-refractivity contribution in [1.29, 1.82) is 0 Å². The van der Waals surface area contributed by atoms with Crippen LogP contribution >= 0.6 is 0 Å². The Kier molecular flexibility index (Phi) is 6.14. The fourth-order valence-electron chi connectivity index (χ4n) is 1.79. The predicted molar refractivity (Wildman–Crippen MR) is 85.3 cm³/mol. The zero-order valence-corrected chi connectivity index (χ0v) is 13.8. The standard InChI is InChI=1S/C14H23N3O3S/c1-11(2)10-21(19,20)8-7-14(18)16-12-5-6-13(15-9-12)17(3)4/h5-6,9,11H,7-8,10H2,1-4H3,(H,16,18). The van der Waals surface area contributed by atoms with E-state index in [0.717, 1.165) is 5.82 Å². The van der Waals surface area contributed by atoms with Crippen molar-refractivity contribution in [3.63, 3.8) is 0 Å². The number of rotatable bonds is 7. The normalized spacial score (nSPS) is 11.5. The molecule has 0 aliphatic rings. The Bertz CT molecular complexity index is 566. The molecule has 1 rings (SSSR count). The predicted octanol–water partition coefficient (Wildman–Crippen LogP) is 1.55. The Hall–Kier alpha value is -1.63. The molecule has 6 nitrogen and oxygen atoms in total. The quantitative estimate of drug-likeness (QED) is 0.826.